The van der Waals surface area contributed by atoms with Gasteiger partial charge in [0.2, 0.25) is 0 Å². The van der Waals surface area contributed by atoms with Crippen molar-refractivity contribution in [2.75, 3.05) is 46.7 Å². The summed E-state index contributed by atoms with van der Waals surface area (Å²) in [6.45, 7) is 6.81. The molecule has 13 heteroatoms. The third-order valence-electron chi connectivity index (χ3n) is 11.9. The number of rotatable bonds is 20. The molecular weight excluding hydrogens is 644 g/mol. The topological polar surface area (TPSA) is 200 Å². The highest BCUT2D eigenvalue weighted by Crippen LogP contribution is 2.42. The van der Waals surface area contributed by atoms with Crippen molar-refractivity contribution in [1.29, 1.82) is 0 Å². The molecule has 2 saturated heterocycles. The number of ether oxygens (including phenoxy) is 4. The second-order valence-corrected chi connectivity index (χ2v) is 15.8. The maximum atomic E-state index is 11.4. The molecule has 0 radical (unpaired) electrons. The molecule has 0 spiro atoms. The normalized spacial score (nSPS) is 39.7. The first-order valence-electron chi connectivity index (χ1n) is 19.8. The average molecular weight is 717 g/mol. The Morgan fingerprint density at radius 2 is 1.68 bits per heavy atom. The number of piperidine rings is 1. The lowest BCUT2D eigenvalue weighted by Crippen LogP contribution is -2.55. The van der Waals surface area contributed by atoms with Gasteiger partial charge in [-0.05, 0) is 121 Å². The Labute approximate surface area is 300 Å². The highest BCUT2D eigenvalue weighted by Gasteiger charge is 2.47. The summed E-state index contributed by atoms with van der Waals surface area (Å²) >= 11 is 0. The van der Waals surface area contributed by atoms with Crippen LogP contribution in [0, 0.1) is 23.7 Å². The molecule has 10 N–H and O–H groups in total. The summed E-state index contributed by atoms with van der Waals surface area (Å²) < 4.78 is 25.1. The van der Waals surface area contributed by atoms with Gasteiger partial charge in [0.25, 0.3) is 0 Å². The zero-order valence-electron chi connectivity index (χ0n) is 31.0. The molecule has 4 rings (SSSR count). The molecular formula is C37H72N4O9. The lowest BCUT2D eigenvalue weighted by Gasteiger charge is -2.48. The van der Waals surface area contributed by atoms with Crippen molar-refractivity contribution in [3.05, 3.63) is 0 Å². The number of likely N-dealkylation sites (N-methyl/N-ethyl adjacent to an activating group) is 1. The zero-order chi connectivity index (χ0) is 36.0. The molecule has 2 heterocycles. The molecule has 4 aliphatic rings. The van der Waals surface area contributed by atoms with E-state index in [0.29, 0.717) is 57.1 Å². The molecule has 0 bridgehead atoms. The Bertz CT molecular complexity index is 924. The maximum absolute atomic E-state index is 11.4. The standard InChI is InChI=1S/C37H72N4O9/c1-4-40-27(8-5-25-11-13-41-35(38)16-25)21-48-34-18-26(17-33(47-3)36(34)46)37-29(12-14-42)31(45)19-28(50-37)9-6-24-7-10-30(44)32(15-24)49-22-39-20-23(2)43/h23-37,39-46H,4-22,38H2,1-3H3/t23-,24?,25?,26?,27+,28-,29-,30?,31-,32?,33?,34?,35?,36?,37-/m0/s1. The Kier molecular flexibility index (Phi) is 18.6. The molecule has 0 aromatic heterocycles. The molecule has 0 aromatic carbocycles. The highest BCUT2D eigenvalue weighted by molar-refractivity contribution is 4.97. The minimum absolute atomic E-state index is 0.00657. The fourth-order valence-corrected chi connectivity index (χ4v) is 9.07. The summed E-state index contributed by atoms with van der Waals surface area (Å²) in [6.07, 6.45) is 6.68. The van der Waals surface area contributed by atoms with Crippen LogP contribution in [0.25, 0.3) is 0 Å². The van der Waals surface area contributed by atoms with E-state index >= 15 is 0 Å². The molecule has 0 aromatic rings. The van der Waals surface area contributed by atoms with Crippen LogP contribution in [-0.4, -0.2) is 139 Å². The van der Waals surface area contributed by atoms with Crippen molar-refractivity contribution < 1.29 is 44.5 Å². The van der Waals surface area contributed by atoms with E-state index in [4.69, 9.17) is 24.7 Å². The third-order valence-corrected chi connectivity index (χ3v) is 11.9. The number of nitrogens with one attached hydrogen (secondary N) is 3. The number of methoxy groups -OCH3 is 1. The zero-order valence-corrected chi connectivity index (χ0v) is 31.0. The molecule has 2 aliphatic carbocycles. The van der Waals surface area contributed by atoms with Crippen LogP contribution in [0.3, 0.4) is 0 Å². The van der Waals surface area contributed by atoms with Gasteiger partial charge in [0.15, 0.2) is 0 Å². The first-order valence-corrected chi connectivity index (χ1v) is 19.8. The van der Waals surface area contributed by atoms with E-state index in [1.165, 1.54) is 0 Å². The first kappa shape index (κ1) is 42.2. The minimum atomic E-state index is -0.763. The van der Waals surface area contributed by atoms with Crippen LogP contribution in [-0.2, 0) is 18.9 Å². The van der Waals surface area contributed by atoms with Crippen LogP contribution < -0.4 is 21.7 Å². The highest BCUT2D eigenvalue weighted by atomic mass is 16.5. The summed E-state index contributed by atoms with van der Waals surface area (Å²) in [6, 6.07) is 0.172. The van der Waals surface area contributed by atoms with E-state index in [1.54, 1.807) is 14.0 Å². The number of aliphatic hydroxyl groups is 5. The number of hydrogen-bond donors (Lipinski definition) is 9. The molecule has 13 nitrogen and oxygen atoms in total. The van der Waals surface area contributed by atoms with E-state index in [2.05, 4.69) is 22.9 Å². The fourth-order valence-electron chi connectivity index (χ4n) is 9.07. The van der Waals surface area contributed by atoms with Gasteiger partial charge in [-0.3, -0.25) is 5.32 Å². The quantitative estimate of drug-likeness (QED) is 0.0639. The van der Waals surface area contributed by atoms with E-state index < -0.39 is 36.6 Å². The summed E-state index contributed by atoms with van der Waals surface area (Å²) in [4.78, 5) is 0. The SMILES string of the molecule is CCN[C@H](CCC1CCNC(N)C1)COC1CC([C@@H]2O[C@@H](CCC3CCC(O)C(OCNC[C@H](C)O)C3)C[C@H](O)[C@@H]2CCO)CC(OC)C1O. The lowest BCUT2D eigenvalue weighted by molar-refractivity contribution is -0.198. The maximum Gasteiger partial charge on any atom is 0.106 e. The van der Waals surface area contributed by atoms with Crippen molar-refractivity contribution in [3.63, 3.8) is 0 Å². The second kappa shape index (κ2) is 22.0. The Morgan fingerprint density at radius 3 is 2.40 bits per heavy atom. The molecule has 4 fully saturated rings. The van der Waals surface area contributed by atoms with Gasteiger partial charge in [-0.15, -0.1) is 0 Å². The Morgan fingerprint density at radius 1 is 0.900 bits per heavy atom. The smallest absolute Gasteiger partial charge is 0.106 e. The van der Waals surface area contributed by atoms with Gasteiger partial charge >= 0.3 is 0 Å². The molecule has 2 saturated carbocycles. The van der Waals surface area contributed by atoms with E-state index in [1.807, 2.05) is 0 Å². The predicted octanol–water partition coefficient (Wildman–Crippen LogP) is 0.972. The molecule has 0 amide bonds. The van der Waals surface area contributed by atoms with E-state index in [-0.39, 0.29) is 55.7 Å². The second-order valence-electron chi connectivity index (χ2n) is 15.8. The van der Waals surface area contributed by atoms with Gasteiger partial charge < -0.3 is 60.8 Å². The summed E-state index contributed by atoms with van der Waals surface area (Å²) in [5.41, 5.74) is 6.14. The largest absolute Gasteiger partial charge is 0.396 e. The van der Waals surface area contributed by atoms with Crippen molar-refractivity contribution in [2.45, 2.75) is 164 Å². The van der Waals surface area contributed by atoms with E-state index in [9.17, 15) is 25.5 Å². The van der Waals surface area contributed by atoms with Gasteiger partial charge in [-0.2, -0.15) is 0 Å². The van der Waals surface area contributed by atoms with Crippen LogP contribution in [0.1, 0.15) is 97.3 Å². The summed E-state index contributed by atoms with van der Waals surface area (Å²) in [5.74, 6) is 0.765. The van der Waals surface area contributed by atoms with Crippen LogP contribution in [0.2, 0.25) is 0 Å². The average Bonchev–Trinajstić information content (AvgIpc) is 3.09. The van der Waals surface area contributed by atoms with Gasteiger partial charge in [0, 0.05) is 32.2 Å². The van der Waals surface area contributed by atoms with Crippen molar-refractivity contribution in [2.24, 2.45) is 29.4 Å². The minimum Gasteiger partial charge on any atom is -0.396 e. The predicted molar refractivity (Wildman–Crippen MR) is 191 cm³/mol. The fraction of sp³-hybridized carbons (Fsp3) is 1.00. The van der Waals surface area contributed by atoms with Crippen molar-refractivity contribution in [1.82, 2.24) is 16.0 Å². The number of hydrogen-bond acceptors (Lipinski definition) is 13. The summed E-state index contributed by atoms with van der Waals surface area (Å²) in [5, 5.41) is 62.7. The van der Waals surface area contributed by atoms with Gasteiger partial charge in [0.1, 0.15) is 6.10 Å². The van der Waals surface area contributed by atoms with Crippen LogP contribution >= 0.6 is 0 Å². The molecule has 50 heavy (non-hydrogen) atoms. The molecule has 15 atom stereocenters. The Balaban J connectivity index is 1.34. The first-order chi connectivity index (χ1) is 24.1. The van der Waals surface area contributed by atoms with Crippen molar-refractivity contribution in [3.8, 4) is 0 Å². The molecule has 2 aliphatic heterocycles. The van der Waals surface area contributed by atoms with Crippen LogP contribution in [0.15, 0.2) is 0 Å². The van der Waals surface area contributed by atoms with Crippen molar-refractivity contribution >= 4 is 0 Å². The number of aliphatic hydroxyl groups excluding tert-OH is 5. The van der Waals surface area contributed by atoms with E-state index in [0.717, 1.165) is 64.5 Å². The molecule has 294 valence electrons. The van der Waals surface area contributed by atoms with Crippen LogP contribution in [0.5, 0.6) is 0 Å². The van der Waals surface area contributed by atoms with Gasteiger partial charge in [0.05, 0.1) is 68.3 Å². The third kappa shape index (κ3) is 13.1. The summed E-state index contributed by atoms with van der Waals surface area (Å²) in [7, 11) is 1.63. The van der Waals surface area contributed by atoms with Gasteiger partial charge in [-0.25, -0.2) is 0 Å². The van der Waals surface area contributed by atoms with Crippen LogP contribution in [0.4, 0.5) is 0 Å². The number of nitrogens with two attached hydrogens (primary N) is 1. The molecule has 9 unspecified atom stereocenters. The lowest BCUT2D eigenvalue weighted by atomic mass is 9.72. The van der Waals surface area contributed by atoms with Gasteiger partial charge in [-0.1, -0.05) is 6.92 Å². The Hall–Kier alpha value is -0.520. The monoisotopic (exact) mass is 717 g/mol.